The van der Waals surface area contributed by atoms with E-state index < -0.39 is 0 Å². The van der Waals surface area contributed by atoms with Crippen molar-refractivity contribution in [2.24, 2.45) is 0 Å². The highest BCUT2D eigenvalue weighted by atomic mass is 32.1. The third-order valence-corrected chi connectivity index (χ3v) is 5.78. The second-order valence-electron chi connectivity index (χ2n) is 7.99. The molecule has 3 heterocycles. The molecule has 6 heteroatoms. The van der Waals surface area contributed by atoms with Crippen molar-refractivity contribution in [2.75, 3.05) is 31.1 Å². The molecule has 4 rings (SSSR count). The molecule has 1 aromatic carbocycles. The molecule has 0 aliphatic carbocycles. The third-order valence-electron chi connectivity index (χ3n) is 5.00. The highest BCUT2D eigenvalue weighted by Crippen LogP contribution is 2.31. The summed E-state index contributed by atoms with van der Waals surface area (Å²) < 4.78 is 10.6. The lowest BCUT2D eigenvalue weighted by molar-refractivity contribution is -0.0499. The van der Waals surface area contributed by atoms with E-state index in [-0.39, 0.29) is 11.5 Å². The number of fused-ring (bicyclic) bond motifs is 1. The summed E-state index contributed by atoms with van der Waals surface area (Å²) in [6, 6.07) is 11.1. The average molecular weight is 359 g/mol. The van der Waals surface area contributed by atoms with Crippen LogP contribution in [0.25, 0.3) is 0 Å². The van der Waals surface area contributed by atoms with Crippen LogP contribution in [0.15, 0.2) is 30.3 Å². The van der Waals surface area contributed by atoms with Gasteiger partial charge in [-0.2, -0.15) is 4.37 Å². The van der Waals surface area contributed by atoms with Crippen molar-refractivity contribution < 1.29 is 4.74 Å². The van der Waals surface area contributed by atoms with Gasteiger partial charge in [-0.3, -0.25) is 4.90 Å². The maximum absolute atomic E-state index is 6.07. The smallest absolute Gasteiger partial charge is 0.205 e. The maximum atomic E-state index is 6.07. The lowest BCUT2D eigenvalue weighted by Gasteiger charge is -2.36. The Morgan fingerprint density at radius 1 is 1.20 bits per heavy atom. The predicted octanol–water partition coefficient (Wildman–Crippen LogP) is 2.93. The van der Waals surface area contributed by atoms with Gasteiger partial charge in [0.2, 0.25) is 5.13 Å². The first-order chi connectivity index (χ1) is 12.0. The van der Waals surface area contributed by atoms with Gasteiger partial charge in [0, 0.05) is 43.1 Å². The summed E-state index contributed by atoms with van der Waals surface area (Å²) >= 11 is 1.52. The molecule has 2 atom stereocenters. The Morgan fingerprint density at radius 3 is 2.72 bits per heavy atom. The van der Waals surface area contributed by atoms with Crippen LogP contribution in [0.1, 0.15) is 32.2 Å². The van der Waals surface area contributed by atoms with Gasteiger partial charge in [-0.15, -0.1) is 0 Å². The molecule has 25 heavy (non-hydrogen) atoms. The van der Waals surface area contributed by atoms with Crippen LogP contribution in [0.5, 0.6) is 0 Å². The largest absolute Gasteiger partial charge is 0.373 e. The van der Waals surface area contributed by atoms with E-state index in [0.717, 1.165) is 43.7 Å². The number of rotatable bonds is 3. The fourth-order valence-corrected chi connectivity index (χ4v) is 4.45. The van der Waals surface area contributed by atoms with Crippen LogP contribution < -0.4 is 4.90 Å². The minimum atomic E-state index is -0.00290. The van der Waals surface area contributed by atoms with Crippen molar-refractivity contribution >= 4 is 16.7 Å². The summed E-state index contributed by atoms with van der Waals surface area (Å²) in [6.45, 7) is 11.2. The summed E-state index contributed by atoms with van der Waals surface area (Å²) in [5.74, 6) is 0.935. The first kappa shape index (κ1) is 16.9. The Hall–Kier alpha value is -1.50. The quantitative estimate of drug-likeness (QED) is 0.844. The van der Waals surface area contributed by atoms with Crippen LogP contribution in [-0.2, 0) is 16.7 Å². The van der Waals surface area contributed by atoms with Gasteiger partial charge < -0.3 is 9.64 Å². The fourth-order valence-electron chi connectivity index (χ4n) is 3.58. The number of hydrogen-bond donors (Lipinski definition) is 0. The SMILES string of the molecule is CC(C)(C)c1nsc(N2CC3OCCN(Cc4ccccc4)C3C2)n1. The van der Waals surface area contributed by atoms with Gasteiger partial charge in [0.1, 0.15) is 5.82 Å². The molecule has 0 saturated carbocycles. The number of ether oxygens (including phenoxy) is 1. The van der Waals surface area contributed by atoms with Gasteiger partial charge in [-0.1, -0.05) is 51.1 Å². The Labute approximate surface area is 153 Å². The summed E-state index contributed by atoms with van der Waals surface area (Å²) in [6.07, 6.45) is 0.263. The van der Waals surface area contributed by atoms with E-state index >= 15 is 0 Å². The van der Waals surface area contributed by atoms with Crippen LogP contribution in [0.2, 0.25) is 0 Å². The van der Waals surface area contributed by atoms with Crippen molar-refractivity contribution in [3.8, 4) is 0 Å². The molecule has 2 aliphatic heterocycles. The molecule has 0 bridgehead atoms. The van der Waals surface area contributed by atoms with Crippen molar-refractivity contribution in [3.63, 3.8) is 0 Å². The molecular formula is C19H26N4OS. The van der Waals surface area contributed by atoms with E-state index in [1.165, 1.54) is 17.1 Å². The maximum Gasteiger partial charge on any atom is 0.205 e. The first-order valence-electron chi connectivity index (χ1n) is 8.99. The topological polar surface area (TPSA) is 41.5 Å². The summed E-state index contributed by atoms with van der Waals surface area (Å²) in [5, 5.41) is 1.03. The molecule has 2 unspecified atom stereocenters. The minimum Gasteiger partial charge on any atom is -0.373 e. The average Bonchev–Trinajstić information content (AvgIpc) is 3.23. The third kappa shape index (κ3) is 3.57. The first-order valence-corrected chi connectivity index (χ1v) is 9.77. The van der Waals surface area contributed by atoms with E-state index in [2.05, 4.69) is 65.3 Å². The second-order valence-corrected chi connectivity index (χ2v) is 8.72. The summed E-state index contributed by atoms with van der Waals surface area (Å²) in [5.41, 5.74) is 1.37. The van der Waals surface area contributed by atoms with Crippen molar-refractivity contribution in [1.29, 1.82) is 0 Å². The molecule has 2 aromatic rings. The highest BCUT2D eigenvalue weighted by Gasteiger charge is 2.41. The minimum absolute atomic E-state index is 0.00290. The number of aromatic nitrogens is 2. The molecule has 5 nitrogen and oxygen atoms in total. The molecule has 0 amide bonds. The summed E-state index contributed by atoms with van der Waals surface area (Å²) in [7, 11) is 0. The molecule has 2 aliphatic rings. The molecule has 0 radical (unpaired) electrons. The van der Waals surface area contributed by atoms with Crippen LogP contribution in [0, 0.1) is 0 Å². The molecule has 0 spiro atoms. The van der Waals surface area contributed by atoms with E-state index in [1.54, 1.807) is 0 Å². The lowest BCUT2D eigenvalue weighted by Crippen LogP contribution is -2.50. The Balaban J connectivity index is 1.48. The summed E-state index contributed by atoms with van der Waals surface area (Å²) in [4.78, 5) is 9.71. The fraction of sp³-hybridized carbons (Fsp3) is 0.579. The van der Waals surface area contributed by atoms with Gasteiger partial charge in [0.15, 0.2) is 0 Å². The molecule has 2 fully saturated rings. The van der Waals surface area contributed by atoms with Gasteiger partial charge >= 0.3 is 0 Å². The Kier molecular flexibility index (Phi) is 4.52. The van der Waals surface area contributed by atoms with E-state index in [0.29, 0.717) is 6.04 Å². The monoisotopic (exact) mass is 358 g/mol. The lowest BCUT2D eigenvalue weighted by atomic mass is 9.96. The molecule has 0 N–H and O–H groups in total. The van der Waals surface area contributed by atoms with Gasteiger partial charge in [0.05, 0.1) is 18.8 Å². The highest BCUT2D eigenvalue weighted by molar-refractivity contribution is 7.09. The normalized spacial score (nSPS) is 24.5. The number of morpholine rings is 1. The number of benzene rings is 1. The molecule has 134 valence electrons. The predicted molar refractivity (Wildman–Crippen MR) is 101 cm³/mol. The number of hydrogen-bond acceptors (Lipinski definition) is 6. The van der Waals surface area contributed by atoms with Crippen LogP contribution in [0.3, 0.4) is 0 Å². The van der Waals surface area contributed by atoms with Crippen LogP contribution in [0.4, 0.5) is 5.13 Å². The van der Waals surface area contributed by atoms with E-state index in [9.17, 15) is 0 Å². The van der Waals surface area contributed by atoms with Gasteiger partial charge in [0.25, 0.3) is 0 Å². The van der Waals surface area contributed by atoms with E-state index in [1.807, 2.05) is 0 Å². The molecule has 1 aromatic heterocycles. The van der Waals surface area contributed by atoms with Gasteiger partial charge in [-0.05, 0) is 5.56 Å². The standard InChI is InChI=1S/C19H26N4OS/c1-19(2,3)17-20-18(25-21-17)23-12-15-16(13-23)24-10-9-22(15)11-14-7-5-4-6-8-14/h4-8,15-16H,9-13H2,1-3H3. The zero-order valence-electron chi connectivity index (χ0n) is 15.2. The number of nitrogens with zero attached hydrogens (tertiary/aromatic N) is 4. The zero-order chi connectivity index (χ0) is 17.4. The van der Waals surface area contributed by atoms with Crippen molar-refractivity contribution in [3.05, 3.63) is 41.7 Å². The van der Waals surface area contributed by atoms with Crippen LogP contribution >= 0.6 is 11.5 Å². The Bertz CT molecular complexity index is 712. The van der Waals surface area contributed by atoms with Crippen molar-refractivity contribution in [2.45, 2.75) is 44.9 Å². The second kappa shape index (κ2) is 6.67. The van der Waals surface area contributed by atoms with Gasteiger partial charge in [-0.25, -0.2) is 4.98 Å². The van der Waals surface area contributed by atoms with Crippen molar-refractivity contribution in [1.82, 2.24) is 14.3 Å². The number of anilines is 1. The molecule has 2 saturated heterocycles. The Morgan fingerprint density at radius 2 is 2.00 bits per heavy atom. The molecular weight excluding hydrogens is 332 g/mol. The van der Waals surface area contributed by atoms with Crippen LogP contribution in [-0.4, -0.2) is 52.6 Å². The zero-order valence-corrected chi connectivity index (χ0v) is 16.0. The van der Waals surface area contributed by atoms with E-state index in [4.69, 9.17) is 9.72 Å².